The van der Waals surface area contributed by atoms with Gasteiger partial charge in [-0.05, 0) is 0 Å². The van der Waals surface area contributed by atoms with Gasteiger partial charge in [0.25, 0.3) is 0 Å². The van der Waals surface area contributed by atoms with Crippen LogP contribution in [0.25, 0.3) is 0 Å². The largest absolute Gasteiger partial charge is 0.455 e. The Hall–Kier alpha value is -0.573. The molecular formula is C17H30O6SSi. The lowest BCUT2D eigenvalue weighted by atomic mass is 10.1. The van der Waals surface area contributed by atoms with Crippen molar-refractivity contribution in [2.75, 3.05) is 6.61 Å². The van der Waals surface area contributed by atoms with Crippen molar-refractivity contribution in [2.24, 2.45) is 0 Å². The predicted molar refractivity (Wildman–Crippen MR) is 98.5 cm³/mol. The van der Waals surface area contributed by atoms with E-state index >= 15 is 0 Å². The van der Waals surface area contributed by atoms with Crippen LogP contribution in [-0.4, -0.2) is 50.0 Å². The average Bonchev–Trinajstić information content (AvgIpc) is 2.72. The lowest BCUT2D eigenvalue weighted by Crippen LogP contribution is -2.65. The SMILES string of the molecule is CC(=O)O[C@@H]1[C@@H]2O[Si](C(C)(C)C)(C(C)(C)C)OC[C@H]2S[C@H]1OC(C)=O. The van der Waals surface area contributed by atoms with Crippen molar-refractivity contribution in [1.82, 2.24) is 0 Å². The highest BCUT2D eigenvalue weighted by Crippen LogP contribution is 2.57. The molecule has 2 saturated heterocycles. The second-order valence-electron chi connectivity index (χ2n) is 8.74. The summed E-state index contributed by atoms with van der Waals surface area (Å²) in [6, 6.07) is 0. The van der Waals surface area contributed by atoms with E-state index in [-0.39, 0.29) is 21.4 Å². The van der Waals surface area contributed by atoms with Crippen LogP contribution in [-0.2, 0) is 27.9 Å². The molecular weight excluding hydrogens is 360 g/mol. The molecule has 8 heteroatoms. The molecule has 2 heterocycles. The van der Waals surface area contributed by atoms with Crippen LogP contribution in [0.2, 0.25) is 10.1 Å². The van der Waals surface area contributed by atoms with E-state index in [0.29, 0.717) is 6.61 Å². The molecule has 0 bridgehead atoms. The molecule has 2 fully saturated rings. The molecule has 0 aromatic carbocycles. The molecule has 0 N–H and O–H groups in total. The lowest BCUT2D eigenvalue weighted by molar-refractivity contribution is -0.166. The van der Waals surface area contributed by atoms with Gasteiger partial charge in [0, 0.05) is 23.9 Å². The number of fused-ring (bicyclic) bond motifs is 1. The van der Waals surface area contributed by atoms with Crippen molar-refractivity contribution in [3.05, 3.63) is 0 Å². The van der Waals surface area contributed by atoms with E-state index < -0.39 is 32.0 Å². The first-order valence-corrected chi connectivity index (χ1v) is 11.4. The monoisotopic (exact) mass is 390 g/mol. The van der Waals surface area contributed by atoms with Gasteiger partial charge in [-0.3, -0.25) is 9.59 Å². The van der Waals surface area contributed by atoms with Gasteiger partial charge in [-0.1, -0.05) is 41.5 Å². The molecule has 0 spiro atoms. The Balaban J connectivity index is 2.37. The Morgan fingerprint density at radius 2 is 1.52 bits per heavy atom. The summed E-state index contributed by atoms with van der Waals surface area (Å²) in [6.07, 6.45) is -0.950. The first-order valence-electron chi connectivity index (χ1n) is 8.60. The van der Waals surface area contributed by atoms with Crippen molar-refractivity contribution >= 4 is 32.3 Å². The van der Waals surface area contributed by atoms with Gasteiger partial charge < -0.3 is 18.3 Å². The second kappa shape index (κ2) is 6.87. The van der Waals surface area contributed by atoms with Crippen LogP contribution in [0.4, 0.5) is 0 Å². The second-order valence-corrected chi connectivity index (χ2v) is 14.8. The third kappa shape index (κ3) is 3.91. The number of thioether (sulfide) groups is 1. The third-order valence-corrected chi connectivity index (χ3v) is 11.1. The van der Waals surface area contributed by atoms with Gasteiger partial charge in [0.15, 0.2) is 11.5 Å². The van der Waals surface area contributed by atoms with Crippen molar-refractivity contribution in [3.63, 3.8) is 0 Å². The van der Waals surface area contributed by atoms with Crippen LogP contribution in [0, 0.1) is 0 Å². The van der Waals surface area contributed by atoms with E-state index in [4.69, 9.17) is 18.3 Å². The topological polar surface area (TPSA) is 71.1 Å². The molecule has 144 valence electrons. The highest BCUT2D eigenvalue weighted by molar-refractivity contribution is 8.00. The van der Waals surface area contributed by atoms with Crippen molar-refractivity contribution in [3.8, 4) is 0 Å². The quantitative estimate of drug-likeness (QED) is 0.529. The molecule has 0 aromatic rings. The van der Waals surface area contributed by atoms with E-state index in [9.17, 15) is 9.59 Å². The number of rotatable bonds is 2. The van der Waals surface area contributed by atoms with Crippen molar-refractivity contribution in [1.29, 1.82) is 0 Å². The fourth-order valence-corrected chi connectivity index (χ4v) is 10.5. The number of ether oxygens (including phenoxy) is 2. The molecule has 0 radical (unpaired) electrons. The summed E-state index contributed by atoms with van der Waals surface area (Å²) in [5, 5.41) is -0.360. The maximum atomic E-state index is 11.6. The molecule has 2 rings (SSSR count). The molecule has 4 atom stereocenters. The lowest BCUT2D eigenvalue weighted by Gasteiger charge is -2.53. The van der Waals surface area contributed by atoms with Crippen LogP contribution in [0.5, 0.6) is 0 Å². The Bertz CT molecular complexity index is 524. The van der Waals surface area contributed by atoms with Gasteiger partial charge in [-0.15, -0.1) is 11.8 Å². The molecule has 0 saturated carbocycles. The number of hydrogen-bond donors (Lipinski definition) is 0. The summed E-state index contributed by atoms with van der Waals surface area (Å²) in [5.41, 5.74) is -0.565. The van der Waals surface area contributed by atoms with Crippen LogP contribution in [0.1, 0.15) is 55.4 Å². The summed E-state index contributed by atoms with van der Waals surface area (Å²) in [6.45, 7) is 16.0. The summed E-state index contributed by atoms with van der Waals surface area (Å²) in [7, 11) is -2.68. The molecule has 0 aliphatic carbocycles. The van der Waals surface area contributed by atoms with E-state index in [1.807, 2.05) is 0 Å². The zero-order valence-electron chi connectivity index (χ0n) is 16.4. The van der Waals surface area contributed by atoms with Crippen LogP contribution in [0.3, 0.4) is 0 Å². The van der Waals surface area contributed by atoms with Gasteiger partial charge in [-0.2, -0.15) is 0 Å². The first kappa shape index (κ1) is 20.7. The van der Waals surface area contributed by atoms with Crippen LogP contribution >= 0.6 is 11.8 Å². The molecule has 6 nitrogen and oxygen atoms in total. The summed E-state index contributed by atoms with van der Waals surface area (Å²) in [5.74, 6) is -0.804. The minimum Gasteiger partial charge on any atom is -0.455 e. The number of esters is 2. The smallest absolute Gasteiger partial charge is 0.349 e. The zero-order valence-corrected chi connectivity index (χ0v) is 18.2. The van der Waals surface area contributed by atoms with E-state index in [2.05, 4.69) is 41.5 Å². The minimum atomic E-state index is -2.68. The van der Waals surface area contributed by atoms with Crippen LogP contribution in [0.15, 0.2) is 0 Å². The molecule has 25 heavy (non-hydrogen) atoms. The summed E-state index contributed by atoms with van der Waals surface area (Å²) < 4.78 is 24.0. The predicted octanol–water partition coefficient (Wildman–Crippen LogP) is 3.38. The molecule has 0 aromatic heterocycles. The standard InChI is InChI=1S/C17H30O6SSi/c1-10(18)21-14-13-12(24-15(14)22-11(2)19)9-20-25(23-13,16(3,4)5)17(6,7)8/h12-15H,9H2,1-8H3/t12-,13-,14-,15-/m1/s1. The maximum Gasteiger partial charge on any atom is 0.349 e. The molecule has 0 unspecified atom stereocenters. The Morgan fingerprint density at radius 1 is 1.00 bits per heavy atom. The average molecular weight is 391 g/mol. The maximum absolute atomic E-state index is 11.6. The number of carbonyl (C=O) groups excluding carboxylic acids is 2. The Labute approximate surface area is 155 Å². The highest BCUT2D eigenvalue weighted by atomic mass is 32.2. The Kier molecular flexibility index (Phi) is 5.69. The fraction of sp³-hybridized carbons (Fsp3) is 0.882. The van der Waals surface area contributed by atoms with Crippen LogP contribution < -0.4 is 0 Å². The van der Waals surface area contributed by atoms with Gasteiger partial charge in [-0.25, -0.2) is 0 Å². The zero-order chi connectivity index (χ0) is 19.2. The fourth-order valence-electron chi connectivity index (χ4n) is 3.88. The van der Waals surface area contributed by atoms with Gasteiger partial charge in [0.2, 0.25) is 0 Å². The van der Waals surface area contributed by atoms with E-state index in [0.717, 1.165) is 0 Å². The van der Waals surface area contributed by atoms with Gasteiger partial charge >= 0.3 is 20.5 Å². The van der Waals surface area contributed by atoms with E-state index in [1.54, 1.807) is 0 Å². The van der Waals surface area contributed by atoms with Crippen molar-refractivity contribution in [2.45, 2.75) is 88.4 Å². The third-order valence-electron chi connectivity index (χ3n) is 4.58. The number of hydrogen-bond acceptors (Lipinski definition) is 7. The summed E-state index contributed by atoms with van der Waals surface area (Å²) >= 11 is 1.45. The molecule has 2 aliphatic heterocycles. The van der Waals surface area contributed by atoms with Crippen molar-refractivity contribution < 1.29 is 27.9 Å². The highest BCUT2D eigenvalue weighted by Gasteiger charge is 2.65. The van der Waals surface area contributed by atoms with E-state index in [1.165, 1.54) is 25.6 Å². The van der Waals surface area contributed by atoms with Gasteiger partial charge in [0.05, 0.1) is 11.9 Å². The minimum absolute atomic E-state index is 0.0287. The summed E-state index contributed by atoms with van der Waals surface area (Å²) in [4.78, 5) is 23.1. The molecule has 0 amide bonds. The number of carbonyl (C=O) groups is 2. The Morgan fingerprint density at radius 3 is 1.96 bits per heavy atom. The molecule has 2 aliphatic rings. The normalized spacial score (nSPS) is 32.0. The first-order chi connectivity index (χ1) is 11.3. The van der Waals surface area contributed by atoms with Gasteiger partial charge in [0.1, 0.15) is 6.10 Å².